The second-order valence-electron chi connectivity index (χ2n) is 5.69. The second kappa shape index (κ2) is 8.76. The van der Waals surface area contributed by atoms with Crippen LogP contribution in [0.4, 0.5) is 11.6 Å². The lowest BCUT2D eigenvalue weighted by Crippen LogP contribution is -2.14. The van der Waals surface area contributed by atoms with E-state index in [-0.39, 0.29) is 35.1 Å². The van der Waals surface area contributed by atoms with E-state index in [0.29, 0.717) is 5.56 Å². The van der Waals surface area contributed by atoms with Crippen LogP contribution >= 0.6 is 0 Å². The maximum absolute atomic E-state index is 12.2. The van der Waals surface area contributed by atoms with Crippen LogP contribution in [0.15, 0.2) is 34.8 Å². The number of ketones is 1. The van der Waals surface area contributed by atoms with Crippen molar-refractivity contribution in [3.63, 3.8) is 0 Å². The molecule has 1 N–H and O–H groups in total. The van der Waals surface area contributed by atoms with Crippen LogP contribution in [0.3, 0.4) is 0 Å². The van der Waals surface area contributed by atoms with E-state index in [2.05, 4.69) is 5.32 Å². The average Bonchev–Trinajstić information content (AvgIpc) is 2.96. The summed E-state index contributed by atoms with van der Waals surface area (Å²) in [6.45, 7) is 4.49. The summed E-state index contributed by atoms with van der Waals surface area (Å²) in [6, 6.07) is 5.59. The predicted octanol–water partition coefficient (Wildman–Crippen LogP) is 3.53. The first-order chi connectivity index (χ1) is 13.2. The molecule has 1 aromatic heterocycles. The van der Waals surface area contributed by atoms with E-state index in [4.69, 9.17) is 9.15 Å². The van der Waals surface area contributed by atoms with Gasteiger partial charge >= 0.3 is 5.97 Å². The minimum atomic E-state index is -0.779. The lowest BCUT2D eigenvalue weighted by Gasteiger charge is -2.04. The molecule has 146 valence electrons. The number of rotatable bonds is 7. The number of nitrogens with one attached hydrogen (secondary N) is 1. The molecular formula is C19H18N2O7. The zero-order valence-corrected chi connectivity index (χ0v) is 15.5. The maximum Gasteiger partial charge on any atom is 0.344 e. The number of Topliss-reactive ketones (excluding diaryl/α,β-unsaturated/α-hetero) is 1. The molecule has 2 aromatic rings. The van der Waals surface area contributed by atoms with Crippen LogP contribution in [0, 0.1) is 17.0 Å². The van der Waals surface area contributed by atoms with Gasteiger partial charge in [0, 0.05) is 18.2 Å². The van der Waals surface area contributed by atoms with Gasteiger partial charge in [-0.3, -0.25) is 25.0 Å². The Hall–Kier alpha value is -3.75. The van der Waals surface area contributed by atoms with Crippen molar-refractivity contribution >= 4 is 35.3 Å². The Bertz CT molecular complexity index is 955. The third-order valence-electron chi connectivity index (χ3n) is 3.68. The summed E-state index contributed by atoms with van der Waals surface area (Å²) in [6.07, 6.45) is 2.60. The molecule has 0 fully saturated rings. The summed E-state index contributed by atoms with van der Waals surface area (Å²) < 4.78 is 10.3. The lowest BCUT2D eigenvalue weighted by atomic mass is 10.1. The summed E-state index contributed by atoms with van der Waals surface area (Å²) >= 11 is 0. The number of non-ortho nitro benzene ring substituents is 1. The van der Waals surface area contributed by atoms with Crippen molar-refractivity contribution in [1.29, 1.82) is 0 Å². The molecule has 0 saturated carbocycles. The van der Waals surface area contributed by atoms with E-state index in [9.17, 15) is 24.5 Å². The first kappa shape index (κ1) is 20.6. The fourth-order valence-corrected chi connectivity index (χ4v) is 2.49. The van der Waals surface area contributed by atoms with E-state index >= 15 is 0 Å². The molecule has 0 saturated heterocycles. The number of hydrogen-bond acceptors (Lipinski definition) is 7. The van der Waals surface area contributed by atoms with E-state index in [1.807, 2.05) is 0 Å². The monoisotopic (exact) mass is 386 g/mol. The van der Waals surface area contributed by atoms with Crippen molar-refractivity contribution < 1.29 is 28.5 Å². The molecule has 1 amide bonds. The van der Waals surface area contributed by atoms with Gasteiger partial charge in [0.25, 0.3) is 11.6 Å². The van der Waals surface area contributed by atoms with Gasteiger partial charge < -0.3 is 9.15 Å². The molecule has 0 radical (unpaired) electrons. The Balaban J connectivity index is 2.23. The number of ether oxygens (including phenoxy) is 1. The number of nitro groups is 1. The summed E-state index contributed by atoms with van der Waals surface area (Å²) in [4.78, 5) is 46.3. The van der Waals surface area contributed by atoms with Crippen LogP contribution in [0.5, 0.6) is 0 Å². The zero-order valence-electron chi connectivity index (χ0n) is 15.5. The van der Waals surface area contributed by atoms with Crippen LogP contribution < -0.4 is 5.32 Å². The van der Waals surface area contributed by atoms with E-state index in [0.717, 1.165) is 0 Å². The van der Waals surface area contributed by atoms with Crippen LogP contribution in [0.2, 0.25) is 0 Å². The molecule has 9 heteroatoms. The van der Waals surface area contributed by atoms with Crippen LogP contribution in [0.25, 0.3) is 6.08 Å². The van der Waals surface area contributed by atoms with Gasteiger partial charge in [-0.25, -0.2) is 4.79 Å². The third kappa shape index (κ3) is 4.70. The molecule has 0 aliphatic heterocycles. The topological polar surface area (TPSA) is 129 Å². The number of carbonyl (C=O) groups is 3. The minimum Gasteiger partial charge on any atom is -0.462 e. The Morgan fingerprint density at radius 1 is 1.21 bits per heavy atom. The highest BCUT2D eigenvalue weighted by Gasteiger charge is 2.28. The smallest absolute Gasteiger partial charge is 0.344 e. The Kier molecular flexibility index (Phi) is 6.43. The van der Waals surface area contributed by atoms with Gasteiger partial charge in [-0.15, -0.1) is 0 Å². The van der Waals surface area contributed by atoms with Gasteiger partial charge in [0.2, 0.25) is 5.88 Å². The number of carbonyl (C=O) groups excluding carboxylic acids is 3. The highest BCUT2D eigenvalue weighted by atomic mass is 16.6. The predicted molar refractivity (Wildman–Crippen MR) is 100 cm³/mol. The quantitative estimate of drug-likeness (QED) is 0.253. The molecule has 0 aliphatic rings. The second-order valence-corrected chi connectivity index (χ2v) is 5.69. The number of esters is 1. The first-order valence-corrected chi connectivity index (χ1v) is 8.29. The normalized spacial score (nSPS) is 10.7. The largest absolute Gasteiger partial charge is 0.462 e. The molecule has 2 rings (SSSR count). The summed E-state index contributed by atoms with van der Waals surface area (Å²) in [5.41, 5.74) is 0.409. The van der Waals surface area contributed by atoms with Gasteiger partial charge in [-0.2, -0.15) is 0 Å². The number of nitrogens with zero attached hydrogens (tertiary/aromatic N) is 1. The molecule has 1 heterocycles. The first-order valence-electron chi connectivity index (χ1n) is 8.29. The van der Waals surface area contributed by atoms with E-state index < -0.39 is 22.6 Å². The van der Waals surface area contributed by atoms with Gasteiger partial charge in [0.1, 0.15) is 11.3 Å². The van der Waals surface area contributed by atoms with Crippen LogP contribution in [-0.2, 0) is 9.53 Å². The molecule has 0 unspecified atom stereocenters. The molecule has 9 nitrogen and oxygen atoms in total. The number of benzene rings is 1. The van der Waals surface area contributed by atoms with Crippen molar-refractivity contribution in [2.75, 3.05) is 11.9 Å². The molecule has 0 bridgehead atoms. The summed E-state index contributed by atoms with van der Waals surface area (Å²) in [7, 11) is 0. The van der Waals surface area contributed by atoms with Gasteiger partial charge in [0.15, 0.2) is 5.78 Å². The SMILES string of the molecule is CCOC(=O)c1c(NC(=O)/C=C/c2ccc([N+](=O)[O-])cc2)oc(C)c1C(C)=O. The van der Waals surface area contributed by atoms with E-state index in [1.165, 1.54) is 50.3 Å². The van der Waals surface area contributed by atoms with Crippen molar-refractivity contribution in [3.05, 3.63) is 62.9 Å². The molecular weight excluding hydrogens is 368 g/mol. The van der Waals surface area contributed by atoms with Crippen molar-refractivity contribution in [2.45, 2.75) is 20.8 Å². The third-order valence-corrected chi connectivity index (χ3v) is 3.68. The molecule has 28 heavy (non-hydrogen) atoms. The van der Waals surface area contributed by atoms with Crippen LogP contribution in [0.1, 0.15) is 45.9 Å². The van der Waals surface area contributed by atoms with E-state index in [1.54, 1.807) is 6.92 Å². The van der Waals surface area contributed by atoms with Gasteiger partial charge in [-0.1, -0.05) is 0 Å². The maximum atomic E-state index is 12.2. The highest BCUT2D eigenvalue weighted by molar-refractivity contribution is 6.12. The fraction of sp³-hybridized carbons (Fsp3) is 0.211. The van der Waals surface area contributed by atoms with Crippen LogP contribution in [-0.4, -0.2) is 29.2 Å². The Morgan fingerprint density at radius 2 is 1.86 bits per heavy atom. The highest BCUT2D eigenvalue weighted by Crippen LogP contribution is 2.28. The summed E-state index contributed by atoms with van der Waals surface area (Å²) in [5, 5.41) is 13.1. The van der Waals surface area contributed by atoms with Crippen molar-refractivity contribution in [2.24, 2.45) is 0 Å². The average molecular weight is 386 g/mol. The molecule has 0 atom stereocenters. The molecule has 1 aromatic carbocycles. The number of aryl methyl sites for hydroxylation is 1. The van der Waals surface area contributed by atoms with Gasteiger partial charge in [-0.05, 0) is 44.5 Å². The summed E-state index contributed by atoms with van der Waals surface area (Å²) in [5.74, 6) is -1.79. The minimum absolute atomic E-state index is 0.0492. The standard InChI is InChI=1S/C19H18N2O7/c1-4-27-19(24)17-16(11(2)22)12(3)28-18(17)20-15(23)10-7-13-5-8-14(9-6-13)21(25)26/h5-10H,4H2,1-3H3,(H,20,23)/b10-7+. The van der Waals surface area contributed by atoms with Gasteiger partial charge in [0.05, 0.1) is 17.1 Å². The molecule has 0 spiro atoms. The molecule has 0 aliphatic carbocycles. The fourth-order valence-electron chi connectivity index (χ4n) is 2.49. The number of anilines is 1. The number of hydrogen-bond donors (Lipinski definition) is 1. The van der Waals surface area contributed by atoms with Crippen molar-refractivity contribution in [1.82, 2.24) is 0 Å². The number of furan rings is 1. The Morgan fingerprint density at radius 3 is 2.39 bits per heavy atom. The Labute approximate surface area is 160 Å². The van der Waals surface area contributed by atoms with Crippen molar-refractivity contribution in [3.8, 4) is 0 Å². The lowest BCUT2D eigenvalue weighted by molar-refractivity contribution is -0.384. The number of nitro benzene ring substituents is 1. The number of amides is 1. The zero-order chi connectivity index (χ0) is 20.8.